The van der Waals surface area contributed by atoms with Gasteiger partial charge in [0.05, 0.1) is 5.69 Å². The maximum absolute atomic E-state index is 11.7. The third-order valence-electron chi connectivity index (χ3n) is 2.77. The van der Waals surface area contributed by atoms with Crippen molar-refractivity contribution in [2.75, 3.05) is 18.9 Å². The van der Waals surface area contributed by atoms with Gasteiger partial charge in [0.1, 0.15) is 0 Å². The number of rotatable bonds is 3. The molecule has 0 bridgehead atoms. The number of hydrogen-bond donors (Lipinski definition) is 2. The molecule has 0 unspecified atom stereocenters. The van der Waals surface area contributed by atoms with Gasteiger partial charge in [-0.05, 0) is 30.7 Å². The number of aromatic nitrogens is 2. The van der Waals surface area contributed by atoms with Crippen LogP contribution in [0.25, 0.3) is 11.3 Å². The van der Waals surface area contributed by atoms with E-state index in [-0.39, 0.29) is 6.03 Å². The highest BCUT2D eigenvalue weighted by Crippen LogP contribution is 2.18. The Hall–Kier alpha value is -2.30. The number of anilines is 1. The van der Waals surface area contributed by atoms with E-state index >= 15 is 0 Å². The minimum absolute atomic E-state index is 0.105. The quantitative estimate of drug-likeness (QED) is 0.871. The zero-order valence-corrected chi connectivity index (χ0v) is 10.5. The van der Waals surface area contributed by atoms with Gasteiger partial charge in [0.15, 0.2) is 0 Å². The summed E-state index contributed by atoms with van der Waals surface area (Å²) in [6, 6.07) is 9.42. The van der Waals surface area contributed by atoms with Gasteiger partial charge in [-0.2, -0.15) is 5.10 Å². The fourth-order valence-electron chi connectivity index (χ4n) is 1.51. The van der Waals surface area contributed by atoms with Gasteiger partial charge in [-0.1, -0.05) is 12.1 Å². The Morgan fingerprint density at radius 1 is 1.33 bits per heavy atom. The summed E-state index contributed by atoms with van der Waals surface area (Å²) in [6.07, 6.45) is 1.71. The SMILES string of the molecule is CCN(C)C(=O)Nc1ccc(-c2ccn[nH]2)cc1. The van der Waals surface area contributed by atoms with Crippen molar-refractivity contribution in [2.24, 2.45) is 0 Å². The van der Waals surface area contributed by atoms with Crippen molar-refractivity contribution in [3.8, 4) is 11.3 Å². The Kier molecular flexibility index (Phi) is 3.62. The standard InChI is InChI=1S/C13H16N4O/c1-3-17(2)13(18)15-11-6-4-10(5-7-11)12-8-9-14-16-12/h4-9H,3H2,1-2H3,(H,14,16)(H,15,18). The van der Waals surface area contributed by atoms with Crippen molar-refractivity contribution in [3.63, 3.8) is 0 Å². The predicted octanol–water partition coefficient (Wildman–Crippen LogP) is 2.56. The van der Waals surface area contributed by atoms with E-state index in [0.717, 1.165) is 16.9 Å². The summed E-state index contributed by atoms with van der Waals surface area (Å²) >= 11 is 0. The molecule has 0 aliphatic carbocycles. The van der Waals surface area contributed by atoms with Gasteiger partial charge in [-0.15, -0.1) is 0 Å². The van der Waals surface area contributed by atoms with Crippen molar-refractivity contribution in [2.45, 2.75) is 6.92 Å². The zero-order valence-electron chi connectivity index (χ0n) is 10.5. The van der Waals surface area contributed by atoms with Crippen LogP contribution in [0.4, 0.5) is 10.5 Å². The number of benzene rings is 1. The van der Waals surface area contributed by atoms with Gasteiger partial charge >= 0.3 is 6.03 Å². The van der Waals surface area contributed by atoms with Crippen LogP contribution in [0.15, 0.2) is 36.5 Å². The number of H-pyrrole nitrogens is 1. The van der Waals surface area contributed by atoms with Crippen LogP contribution < -0.4 is 5.32 Å². The van der Waals surface area contributed by atoms with E-state index in [1.54, 1.807) is 18.1 Å². The van der Waals surface area contributed by atoms with Crippen LogP contribution in [-0.4, -0.2) is 34.7 Å². The monoisotopic (exact) mass is 244 g/mol. The molecule has 1 heterocycles. The molecule has 0 saturated carbocycles. The molecule has 0 atom stereocenters. The molecular formula is C13H16N4O. The molecule has 0 saturated heterocycles. The number of hydrogen-bond acceptors (Lipinski definition) is 2. The molecule has 2 aromatic rings. The highest BCUT2D eigenvalue weighted by atomic mass is 16.2. The number of amides is 2. The van der Waals surface area contributed by atoms with Gasteiger partial charge < -0.3 is 10.2 Å². The summed E-state index contributed by atoms with van der Waals surface area (Å²) in [5, 5.41) is 9.62. The Morgan fingerprint density at radius 3 is 2.61 bits per heavy atom. The van der Waals surface area contributed by atoms with Crippen molar-refractivity contribution in [1.29, 1.82) is 0 Å². The molecule has 0 fully saturated rings. The lowest BCUT2D eigenvalue weighted by Crippen LogP contribution is -2.30. The lowest BCUT2D eigenvalue weighted by Gasteiger charge is -2.15. The Bertz CT molecular complexity index is 504. The zero-order chi connectivity index (χ0) is 13.0. The number of carbonyl (C=O) groups excluding carboxylic acids is 1. The molecule has 2 rings (SSSR count). The number of urea groups is 1. The molecule has 5 heteroatoms. The molecule has 18 heavy (non-hydrogen) atoms. The maximum Gasteiger partial charge on any atom is 0.321 e. The van der Waals surface area contributed by atoms with E-state index in [2.05, 4.69) is 15.5 Å². The molecule has 5 nitrogen and oxygen atoms in total. The number of nitrogens with one attached hydrogen (secondary N) is 2. The van der Waals surface area contributed by atoms with Crippen LogP contribution in [0.1, 0.15) is 6.92 Å². The normalized spacial score (nSPS) is 10.1. The minimum atomic E-state index is -0.105. The first-order valence-corrected chi connectivity index (χ1v) is 5.82. The van der Waals surface area contributed by atoms with Crippen LogP contribution in [0.2, 0.25) is 0 Å². The smallest absolute Gasteiger partial charge is 0.321 e. The Balaban J connectivity index is 2.06. The average molecular weight is 244 g/mol. The summed E-state index contributed by atoms with van der Waals surface area (Å²) < 4.78 is 0. The summed E-state index contributed by atoms with van der Waals surface area (Å²) in [5.74, 6) is 0. The van der Waals surface area contributed by atoms with Crippen LogP contribution in [-0.2, 0) is 0 Å². The summed E-state index contributed by atoms with van der Waals surface area (Å²) in [7, 11) is 1.76. The number of nitrogens with zero attached hydrogens (tertiary/aromatic N) is 2. The lowest BCUT2D eigenvalue weighted by molar-refractivity contribution is 0.224. The highest BCUT2D eigenvalue weighted by Gasteiger charge is 2.06. The lowest BCUT2D eigenvalue weighted by atomic mass is 10.1. The average Bonchev–Trinajstić information content (AvgIpc) is 2.92. The first-order valence-electron chi connectivity index (χ1n) is 5.82. The molecule has 2 N–H and O–H groups in total. The third kappa shape index (κ3) is 2.68. The highest BCUT2D eigenvalue weighted by molar-refractivity contribution is 5.89. The van der Waals surface area contributed by atoms with Crippen molar-refractivity contribution in [3.05, 3.63) is 36.5 Å². The summed E-state index contributed by atoms with van der Waals surface area (Å²) in [4.78, 5) is 13.3. The minimum Gasteiger partial charge on any atom is -0.328 e. The van der Waals surface area contributed by atoms with Crippen molar-refractivity contribution >= 4 is 11.7 Å². The van der Waals surface area contributed by atoms with E-state index in [0.29, 0.717) is 6.54 Å². The molecule has 0 aliphatic rings. The topological polar surface area (TPSA) is 61.0 Å². The molecule has 0 spiro atoms. The molecule has 94 valence electrons. The van der Waals surface area contributed by atoms with E-state index in [4.69, 9.17) is 0 Å². The fourth-order valence-corrected chi connectivity index (χ4v) is 1.51. The molecule has 1 aromatic carbocycles. The molecule has 0 radical (unpaired) electrons. The van der Waals surface area contributed by atoms with Crippen LogP contribution in [0, 0.1) is 0 Å². The number of carbonyl (C=O) groups is 1. The fraction of sp³-hybridized carbons (Fsp3) is 0.231. The van der Waals surface area contributed by atoms with Gasteiger partial charge in [-0.3, -0.25) is 5.10 Å². The van der Waals surface area contributed by atoms with Gasteiger partial charge in [-0.25, -0.2) is 4.79 Å². The van der Waals surface area contributed by atoms with Crippen molar-refractivity contribution < 1.29 is 4.79 Å². The van der Waals surface area contributed by atoms with Crippen molar-refractivity contribution in [1.82, 2.24) is 15.1 Å². The molecule has 1 aromatic heterocycles. The van der Waals surface area contributed by atoms with Crippen LogP contribution >= 0.6 is 0 Å². The number of aromatic amines is 1. The van der Waals surface area contributed by atoms with Crippen LogP contribution in [0.3, 0.4) is 0 Å². The molecule has 0 aliphatic heterocycles. The van der Waals surface area contributed by atoms with E-state index < -0.39 is 0 Å². The van der Waals surface area contributed by atoms with Gasteiger partial charge in [0.2, 0.25) is 0 Å². The largest absolute Gasteiger partial charge is 0.328 e. The van der Waals surface area contributed by atoms with Gasteiger partial charge in [0, 0.05) is 25.5 Å². The summed E-state index contributed by atoms with van der Waals surface area (Å²) in [5.41, 5.74) is 2.77. The first kappa shape index (κ1) is 12.2. The second-order valence-corrected chi connectivity index (χ2v) is 3.99. The van der Waals surface area contributed by atoms with E-state index in [1.165, 1.54) is 0 Å². The third-order valence-corrected chi connectivity index (χ3v) is 2.77. The van der Waals surface area contributed by atoms with Gasteiger partial charge in [0.25, 0.3) is 0 Å². The van der Waals surface area contributed by atoms with Crippen LogP contribution in [0.5, 0.6) is 0 Å². The Labute approximate surface area is 106 Å². The maximum atomic E-state index is 11.7. The van der Waals surface area contributed by atoms with E-state index in [1.807, 2.05) is 37.3 Å². The molecular weight excluding hydrogens is 228 g/mol. The second kappa shape index (κ2) is 5.35. The first-order chi connectivity index (χ1) is 8.70. The molecule has 2 amide bonds. The second-order valence-electron chi connectivity index (χ2n) is 3.99. The predicted molar refractivity (Wildman–Crippen MR) is 71.3 cm³/mol. The summed E-state index contributed by atoms with van der Waals surface area (Å²) in [6.45, 7) is 2.61. The Morgan fingerprint density at radius 2 is 2.06 bits per heavy atom. The van der Waals surface area contributed by atoms with E-state index in [9.17, 15) is 4.79 Å².